The predicted octanol–water partition coefficient (Wildman–Crippen LogP) is 1.03. The summed E-state index contributed by atoms with van der Waals surface area (Å²) in [5.41, 5.74) is 0.658. The van der Waals surface area contributed by atoms with E-state index in [1.807, 2.05) is 31.2 Å². The van der Waals surface area contributed by atoms with Gasteiger partial charge in [0.25, 0.3) is 5.91 Å². The fourth-order valence-corrected chi connectivity index (χ4v) is 3.25. The van der Waals surface area contributed by atoms with Gasteiger partial charge in [0.05, 0.1) is 18.9 Å². The highest BCUT2D eigenvalue weighted by molar-refractivity contribution is 6.03. The third-order valence-electron chi connectivity index (χ3n) is 4.72. The molecule has 0 radical (unpaired) electrons. The van der Waals surface area contributed by atoms with Gasteiger partial charge in [-0.3, -0.25) is 19.4 Å². The molecule has 1 aromatic rings. The van der Waals surface area contributed by atoms with Gasteiger partial charge in [-0.1, -0.05) is 19.1 Å². The van der Waals surface area contributed by atoms with Crippen LogP contribution in [-0.2, 0) is 14.3 Å². The van der Waals surface area contributed by atoms with Crippen molar-refractivity contribution in [2.45, 2.75) is 25.9 Å². The highest BCUT2D eigenvalue weighted by Crippen LogP contribution is 2.34. The van der Waals surface area contributed by atoms with Crippen molar-refractivity contribution >= 4 is 17.5 Å². The molecule has 3 rings (SSSR count). The number of morpholine rings is 1. The number of para-hydroxylation sites is 2. The zero-order chi connectivity index (χ0) is 18.4. The standard InChI is InChI=1S/C19H27N3O4/c1-2-16-19(24)22(15-6-3-4-7-17(15)26-16)14-18(23)20-8-5-9-21-10-12-25-13-11-21/h3-4,6-7,16H,2,5,8-14H2,1H3,(H,20,23)/t16-/m0/s1. The Morgan fingerprint density at radius 1 is 1.27 bits per heavy atom. The Kier molecular flexibility index (Phi) is 6.46. The first-order valence-electron chi connectivity index (χ1n) is 9.33. The second-order valence-corrected chi connectivity index (χ2v) is 6.56. The molecule has 0 bridgehead atoms. The highest BCUT2D eigenvalue weighted by Gasteiger charge is 2.34. The van der Waals surface area contributed by atoms with Crippen LogP contribution in [0.5, 0.6) is 5.75 Å². The van der Waals surface area contributed by atoms with E-state index in [1.54, 1.807) is 0 Å². The fourth-order valence-electron chi connectivity index (χ4n) is 3.25. The van der Waals surface area contributed by atoms with E-state index in [4.69, 9.17) is 9.47 Å². The molecule has 0 unspecified atom stereocenters. The largest absolute Gasteiger partial charge is 0.478 e. The van der Waals surface area contributed by atoms with Crippen molar-refractivity contribution in [2.24, 2.45) is 0 Å². The number of hydrogen-bond donors (Lipinski definition) is 1. The van der Waals surface area contributed by atoms with Crippen molar-refractivity contribution in [3.63, 3.8) is 0 Å². The molecule has 0 aliphatic carbocycles. The van der Waals surface area contributed by atoms with Gasteiger partial charge >= 0.3 is 0 Å². The van der Waals surface area contributed by atoms with Gasteiger partial charge < -0.3 is 14.8 Å². The summed E-state index contributed by atoms with van der Waals surface area (Å²) >= 11 is 0. The Balaban J connectivity index is 1.50. The predicted molar refractivity (Wildman–Crippen MR) is 98.4 cm³/mol. The monoisotopic (exact) mass is 361 g/mol. The summed E-state index contributed by atoms with van der Waals surface area (Å²) in [7, 11) is 0. The summed E-state index contributed by atoms with van der Waals surface area (Å²) < 4.78 is 11.1. The number of amides is 2. The van der Waals surface area contributed by atoms with Gasteiger partial charge in [0.1, 0.15) is 12.3 Å². The Hall–Kier alpha value is -2.12. The maximum Gasteiger partial charge on any atom is 0.268 e. The van der Waals surface area contributed by atoms with Crippen LogP contribution < -0.4 is 15.0 Å². The molecule has 1 fully saturated rings. The second kappa shape index (κ2) is 9.00. The molecule has 2 amide bonds. The molecule has 26 heavy (non-hydrogen) atoms. The molecule has 7 heteroatoms. The number of anilines is 1. The van der Waals surface area contributed by atoms with Crippen LogP contribution in [0.4, 0.5) is 5.69 Å². The number of carbonyl (C=O) groups is 2. The van der Waals surface area contributed by atoms with Gasteiger partial charge in [0.15, 0.2) is 6.10 Å². The number of hydrogen-bond acceptors (Lipinski definition) is 5. The van der Waals surface area contributed by atoms with Crippen molar-refractivity contribution in [2.75, 3.05) is 50.8 Å². The van der Waals surface area contributed by atoms with Crippen LogP contribution in [0.3, 0.4) is 0 Å². The third kappa shape index (κ3) is 4.53. The third-order valence-corrected chi connectivity index (χ3v) is 4.72. The minimum atomic E-state index is -0.529. The van der Waals surface area contributed by atoms with Crippen LogP contribution in [0.1, 0.15) is 19.8 Å². The summed E-state index contributed by atoms with van der Waals surface area (Å²) in [6.45, 7) is 6.94. The lowest BCUT2D eigenvalue weighted by Gasteiger charge is -2.33. The Labute approximate surface area is 154 Å². The van der Waals surface area contributed by atoms with Gasteiger partial charge in [-0.25, -0.2) is 0 Å². The second-order valence-electron chi connectivity index (χ2n) is 6.56. The Bertz CT molecular complexity index is 631. The van der Waals surface area contributed by atoms with Crippen LogP contribution in [0, 0.1) is 0 Å². The Morgan fingerprint density at radius 3 is 2.81 bits per heavy atom. The summed E-state index contributed by atoms with van der Waals surface area (Å²) in [6.07, 6.45) is 0.931. The molecule has 142 valence electrons. The van der Waals surface area contributed by atoms with Crippen molar-refractivity contribution in [3.8, 4) is 5.75 Å². The lowest BCUT2D eigenvalue weighted by molar-refractivity contribution is -0.129. The molecule has 2 heterocycles. The van der Waals surface area contributed by atoms with Crippen LogP contribution in [0.2, 0.25) is 0 Å². The number of rotatable bonds is 7. The van der Waals surface area contributed by atoms with E-state index in [-0.39, 0.29) is 18.4 Å². The molecule has 7 nitrogen and oxygen atoms in total. The first-order valence-corrected chi connectivity index (χ1v) is 9.33. The molecule has 1 N–H and O–H groups in total. The number of benzene rings is 1. The van der Waals surface area contributed by atoms with Crippen molar-refractivity contribution in [1.82, 2.24) is 10.2 Å². The molecule has 1 atom stereocenters. The normalized spacial score (nSPS) is 20.4. The van der Waals surface area contributed by atoms with Crippen molar-refractivity contribution in [1.29, 1.82) is 0 Å². The smallest absolute Gasteiger partial charge is 0.268 e. The van der Waals surface area contributed by atoms with E-state index >= 15 is 0 Å². The summed E-state index contributed by atoms with van der Waals surface area (Å²) in [4.78, 5) is 28.8. The average molecular weight is 361 g/mol. The van der Waals surface area contributed by atoms with Gasteiger partial charge in [-0.2, -0.15) is 0 Å². The molecule has 0 aromatic heterocycles. The summed E-state index contributed by atoms with van der Waals surface area (Å²) in [6, 6.07) is 7.35. The van der Waals surface area contributed by atoms with Crippen molar-refractivity contribution < 1.29 is 19.1 Å². The van der Waals surface area contributed by atoms with Crippen molar-refractivity contribution in [3.05, 3.63) is 24.3 Å². The number of nitrogens with zero attached hydrogens (tertiary/aromatic N) is 2. The molecule has 1 aromatic carbocycles. The maximum absolute atomic E-state index is 12.6. The zero-order valence-corrected chi connectivity index (χ0v) is 15.3. The number of nitrogens with one attached hydrogen (secondary N) is 1. The van der Waals surface area contributed by atoms with Crippen LogP contribution in [0.25, 0.3) is 0 Å². The lowest BCUT2D eigenvalue weighted by Crippen LogP contribution is -2.49. The lowest BCUT2D eigenvalue weighted by atomic mass is 10.1. The molecule has 0 saturated carbocycles. The summed E-state index contributed by atoms with van der Waals surface area (Å²) in [5, 5.41) is 2.92. The van der Waals surface area contributed by atoms with Gasteiger partial charge in [0, 0.05) is 19.6 Å². The molecule has 2 aliphatic rings. The van der Waals surface area contributed by atoms with E-state index in [9.17, 15) is 9.59 Å². The van der Waals surface area contributed by atoms with Gasteiger partial charge in [-0.15, -0.1) is 0 Å². The van der Waals surface area contributed by atoms with Crippen LogP contribution >= 0.6 is 0 Å². The molecular weight excluding hydrogens is 334 g/mol. The molecule has 2 aliphatic heterocycles. The quantitative estimate of drug-likeness (QED) is 0.735. The van der Waals surface area contributed by atoms with Crippen LogP contribution in [0.15, 0.2) is 24.3 Å². The zero-order valence-electron chi connectivity index (χ0n) is 15.3. The Morgan fingerprint density at radius 2 is 2.04 bits per heavy atom. The van der Waals surface area contributed by atoms with E-state index in [0.29, 0.717) is 24.4 Å². The minimum absolute atomic E-state index is 0.0211. The molecule has 1 saturated heterocycles. The number of carbonyl (C=O) groups excluding carboxylic acids is 2. The fraction of sp³-hybridized carbons (Fsp3) is 0.579. The first-order chi connectivity index (χ1) is 12.7. The van der Waals surface area contributed by atoms with Gasteiger partial charge in [-0.05, 0) is 31.5 Å². The number of fused-ring (bicyclic) bond motifs is 1. The highest BCUT2D eigenvalue weighted by atomic mass is 16.5. The van der Waals surface area contributed by atoms with Crippen LogP contribution in [-0.4, -0.2) is 68.8 Å². The number of ether oxygens (including phenoxy) is 2. The summed E-state index contributed by atoms with van der Waals surface area (Å²) in [5.74, 6) is 0.348. The van der Waals surface area contributed by atoms with E-state index in [0.717, 1.165) is 39.3 Å². The minimum Gasteiger partial charge on any atom is -0.478 e. The topological polar surface area (TPSA) is 71.1 Å². The van der Waals surface area contributed by atoms with E-state index in [1.165, 1.54) is 4.90 Å². The van der Waals surface area contributed by atoms with E-state index < -0.39 is 6.10 Å². The molecule has 0 spiro atoms. The molecular formula is C19H27N3O4. The SMILES string of the molecule is CC[C@@H]1Oc2ccccc2N(CC(=O)NCCCN2CCOCC2)C1=O. The average Bonchev–Trinajstić information content (AvgIpc) is 2.68. The first kappa shape index (κ1) is 18.7. The van der Waals surface area contributed by atoms with E-state index in [2.05, 4.69) is 10.2 Å². The maximum atomic E-state index is 12.6. The van der Waals surface area contributed by atoms with Gasteiger partial charge in [0.2, 0.25) is 5.91 Å².